The molecule has 4 rings (SSSR count). The number of rotatable bonds is 5. The topological polar surface area (TPSA) is 67.4 Å². The van der Waals surface area contributed by atoms with Gasteiger partial charge in [0.05, 0.1) is 13.2 Å². The average molecular weight is 344 g/mol. The van der Waals surface area contributed by atoms with E-state index in [1.807, 2.05) is 30.3 Å². The van der Waals surface area contributed by atoms with Crippen molar-refractivity contribution < 1.29 is 9.53 Å². The SMILES string of the molecule is O=C(NCC1(N2CCOCC2)CC1)c1nc(-c2ccccc2)ns1. The summed E-state index contributed by atoms with van der Waals surface area (Å²) in [4.78, 5) is 19.2. The standard InChI is InChI=1S/C17H20N4O2S/c22-15(16-19-14(20-24-16)13-4-2-1-3-5-13)18-12-17(6-7-17)21-8-10-23-11-9-21/h1-5H,6-12H2,(H,18,22). The van der Waals surface area contributed by atoms with Crippen LogP contribution in [0.5, 0.6) is 0 Å². The van der Waals surface area contributed by atoms with Gasteiger partial charge >= 0.3 is 0 Å². The van der Waals surface area contributed by atoms with Crippen molar-refractivity contribution >= 4 is 17.4 Å². The second-order valence-electron chi connectivity index (χ2n) is 6.30. The average Bonchev–Trinajstić information content (AvgIpc) is 3.28. The van der Waals surface area contributed by atoms with Crippen LogP contribution in [-0.4, -0.2) is 58.6 Å². The quantitative estimate of drug-likeness (QED) is 0.896. The van der Waals surface area contributed by atoms with Gasteiger partial charge < -0.3 is 10.1 Å². The van der Waals surface area contributed by atoms with Gasteiger partial charge in [-0.2, -0.15) is 4.37 Å². The van der Waals surface area contributed by atoms with Crippen LogP contribution >= 0.6 is 11.5 Å². The molecule has 2 aromatic rings. The van der Waals surface area contributed by atoms with Gasteiger partial charge in [-0.05, 0) is 24.4 Å². The Morgan fingerprint density at radius 2 is 2.00 bits per heavy atom. The number of benzene rings is 1. The highest BCUT2D eigenvalue weighted by Gasteiger charge is 2.48. The van der Waals surface area contributed by atoms with Crippen LogP contribution < -0.4 is 5.32 Å². The molecule has 1 N–H and O–H groups in total. The number of carbonyl (C=O) groups is 1. The van der Waals surface area contributed by atoms with Crippen LogP contribution in [0.25, 0.3) is 11.4 Å². The number of carbonyl (C=O) groups excluding carboxylic acids is 1. The largest absolute Gasteiger partial charge is 0.379 e. The molecule has 2 aliphatic rings. The number of morpholine rings is 1. The molecule has 2 heterocycles. The first-order valence-corrected chi connectivity index (χ1v) is 9.04. The van der Waals surface area contributed by atoms with Crippen LogP contribution in [0.3, 0.4) is 0 Å². The smallest absolute Gasteiger partial charge is 0.281 e. The van der Waals surface area contributed by atoms with Crippen molar-refractivity contribution in [2.45, 2.75) is 18.4 Å². The summed E-state index contributed by atoms with van der Waals surface area (Å²) in [6, 6.07) is 9.72. The maximum absolute atomic E-state index is 12.4. The van der Waals surface area contributed by atoms with Crippen molar-refractivity contribution in [3.63, 3.8) is 0 Å². The summed E-state index contributed by atoms with van der Waals surface area (Å²) in [5.74, 6) is 0.481. The lowest BCUT2D eigenvalue weighted by Gasteiger charge is -2.34. The normalized spacial score (nSPS) is 19.8. The minimum Gasteiger partial charge on any atom is -0.379 e. The van der Waals surface area contributed by atoms with E-state index in [4.69, 9.17) is 4.74 Å². The summed E-state index contributed by atoms with van der Waals surface area (Å²) in [5, 5.41) is 3.47. The molecular weight excluding hydrogens is 324 g/mol. The van der Waals surface area contributed by atoms with Crippen LogP contribution in [0.2, 0.25) is 0 Å². The van der Waals surface area contributed by atoms with Gasteiger partial charge in [0.25, 0.3) is 5.91 Å². The summed E-state index contributed by atoms with van der Waals surface area (Å²) >= 11 is 1.15. The predicted molar refractivity (Wildman–Crippen MR) is 92.0 cm³/mol. The van der Waals surface area contributed by atoms with Crippen molar-refractivity contribution in [2.75, 3.05) is 32.8 Å². The van der Waals surface area contributed by atoms with Gasteiger partial charge in [0.2, 0.25) is 5.01 Å². The fraction of sp³-hybridized carbons (Fsp3) is 0.471. The van der Waals surface area contributed by atoms with Crippen molar-refractivity contribution in [3.8, 4) is 11.4 Å². The molecule has 1 amide bonds. The Morgan fingerprint density at radius 1 is 1.25 bits per heavy atom. The predicted octanol–water partition coefficient (Wildman–Crippen LogP) is 1.80. The number of amides is 1. The maximum Gasteiger partial charge on any atom is 0.281 e. The zero-order valence-electron chi connectivity index (χ0n) is 13.4. The van der Waals surface area contributed by atoms with E-state index in [0.717, 1.165) is 56.2 Å². The van der Waals surface area contributed by atoms with Crippen molar-refractivity contribution in [1.82, 2.24) is 19.6 Å². The molecule has 24 heavy (non-hydrogen) atoms. The zero-order valence-corrected chi connectivity index (χ0v) is 14.2. The number of nitrogens with one attached hydrogen (secondary N) is 1. The Hall–Kier alpha value is -1.83. The minimum absolute atomic E-state index is 0.130. The number of aromatic nitrogens is 2. The molecule has 6 nitrogen and oxygen atoms in total. The van der Waals surface area contributed by atoms with Crippen molar-refractivity contribution in [3.05, 3.63) is 35.3 Å². The van der Waals surface area contributed by atoms with E-state index >= 15 is 0 Å². The third-order valence-corrected chi connectivity index (χ3v) is 5.45. The number of nitrogens with zero attached hydrogens (tertiary/aromatic N) is 3. The molecule has 1 aromatic heterocycles. The third kappa shape index (κ3) is 3.19. The molecular formula is C17H20N4O2S. The van der Waals surface area contributed by atoms with E-state index < -0.39 is 0 Å². The summed E-state index contributed by atoms with van der Waals surface area (Å²) in [7, 11) is 0. The number of ether oxygens (including phenoxy) is 1. The lowest BCUT2D eigenvalue weighted by atomic mass is 10.2. The Bertz CT molecular complexity index is 708. The molecule has 0 radical (unpaired) electrons. The molecule has 126 valence electrons. The second-order valence-corrected chi connectivity index (χ2v) is 7.05. The van der Waals surface area contributed by atoms with E-state index in [0.29, 0.717) is 17.4 Å². The molecule has 1 aromatic carbocycles. The van der Waals surface area contributed by atoms with Gasteiger partial charge in [-0.25, -0.2) is 4.98 Å². The van der Waals surface area contributed by atoms with Crippen LogP contribution in [-0.2, 0) is 4.74 Å². The highest BCUT2D eigenvalue weighted by molar-refractivity contribution is 7.07. The summed E-state index contributed by atoms with van der Waals surface area (Å²) in [6.45, 7) is 4.14. The van der Waals surface area contributed by atoms with Crippen LogP contribution in [0.1, 0.15) is 22.6 Å². The molecule has 0 spiro atoms. The first-order chi connectivity index (χ1) is 11.8. The van der Waals surface area contributed by atoms with Crippen molar-refractivity contribution in [2.24, 2.45) is 0 Å². The maximum atomic E-state index is 12.4. The second kappa shape index (κ2) is 6.58. The van der Waals surface area contributed by atoms with E-state index in [1.54, 1.807) is 0 Å². The lowest BCUT2D eigenvalue weighted by molar-refractivity contribution is 0.00976. The summed E-state index contributed by atoms with van der Waals surface area (Å²) < 4.78 is 9.72. The molecule has 1 saturated carbocycles. The zero-order chi connectivity index (χ0) is 16.4. The highest BCUT2D eigenvalue weighted by atomic mass is 32.1. The van der Waals surface area contributed by atoms with Crippen LogP contribution in [0.4, 0.5) is 0 Å². The van der Waals surface area contributed by atoms with E-state index in [1.165, 1.54) is 0 Å². The highest BCUT2D eigenvalue weighted by Crippen LogP contribution is 2.41. The van der Waals surface area contributed by atoms with E-state index in [-0.39, 0.29) is 11.4 Å². The Labute approximate surface area is 145 Å². The van der Waals surface area contributed by atoms with Gasteiger partial charge in [0, 0.05) is 30.7 Å². The third-order valence-electron chi connectivity index (χ3n) is 4.74. The lowest BCUT2D eigenvalue weighted by Crippen LogP contribution is -2.50. The molecule has 0 atom stereocenters. The number of hydrogen-bond donors (Lipinski definition) is 1. The molecule has 2 fully saturated rings. The first kappa shape index (κ1) is 15.7. The van der Waals surface area contributed by atoms with Crippen molar-refractivity contribution in [1.29, 1.82) is 0 Å². The Balaban J connectivity index is 1.38. The fourth-order valence-electron chi connectivity index (χ4n) is 3.13. The van der Waals surface area contributed by atoms with Gasteiger partial charge in [0.1, 0.15) is 0 Å². The first-order valence-electron chi connectivity index (χ1n) is 8.27. The van der Waals surface area contributed by atoms with Gasteiger partial charge in [-0.15, -0.1) is 0 Å². The molecule has 0 bridgehead atoms. The Kier molecular flexibility index (Phi) is 4.30. The molecule has 0 unspecified atom stereocenters. The van der Waals surface area contributed by atoms with Gasteiger partial charge in [0.15, 0.2) is 5.82 Å². The van der Waals surface area contributed by atoms with Crippen LogP contribution in [0.15, 0.2) is 30.3 Å². The summed E-state index contributed by atoms with van der Waals surface area (Å²) in [5.41, 5.74) is 1.06. The minimum atomic E-state index is -0.130. The van der Waals surface area contributed by atoms with Gasteiger partial charge in [-0.1, -0.05) is 30.3 Å². The molecule has 1 aliphatic carbocycles. The molecule has 7 heteroatoms. The molecule has 1 saturated heterocycles. The number of hydrogen-bond acceptors (Lipinski definition) is 6. The van der Waals surface area contributed by atoms with E-state index in [9.17, 15) is 4.79 Å². The fourth-order valence-corrected chi connectivity index (χ4v) is 3.73. The summed E-state index contributed by atoms with van der Waals surface area (Å²) in [6.07, 6.45) is 2.28. The van der Waals surface area contributed by atoms with E-state index in [2.05, 4.69) is 19.6 Å². The molecule has 1 aliphatic heterocycles. The van der Waals surface area contributed by atoms with Gasteiger partial charge in [-0.3, -0.25) is 9.69 Å². The monoisotopic (exact) mass is 344 g/mol. The van der Waals surface area contributed by atoms with Crippen LogP contribution in [0, 0.1) is 0 Å². The Morgan fingerprint density at radius 3 is 2.71 bits per heavy atom.